The minimum absolute atomic E-state index is 1.21. The van der Waals surface area contributed by atoms with Crippen LogP contribution in [0.2, 0.25) is 0 Å². The Balaban J connectivity index is 2.53. The van der Waals surface area contributed by atoms with Crippen LogP contribution in [-0.4, -0.2) is 0 Å². The average molecular weight is 196 g/mol. The Labute approximate surface area is 86.0 Å². The first-order valence-electron chi connectivity index (χ1n) is 5.36. The molecule has 1 heterocycles. The summed E-state index contributed by atoms with van der Waals surface area (Å²) in [5.74, 6) is 0. The molecule has 0 unspecified atom stereocenters. The summed E-state index contributed by atoms with van der Waals surface area (Å²) in [6.07, 6.45) is 6.56. The van der Waals surface area contributed by atoms with Crippen molar-refractivity contribution in [1.82, 2.24) is 0 Å². The molecule has 0 aliphatic rings. The van der Waals surface area contributed by atoms with Gasteiger partial charge in [-0.05, 0) is 37.8 Å². The van der Waals surface area contributed by atoms with Crippen LogP contribution >= 0.6 is 11.3 Å². The summed E-state index contributed by atoms with van der Waals surface area (Å²) in [7, 11) is 0. The molecule has 0 bridgehead atoms. The molecule has 0 radical (unpaired) electrons. The van der Waals surface area contributed by atoms with E-state index in [1.807, 2.05) is 11.3 Å². The second-order valence-corrected chi connectivity index (χ2v) is 4.96. The van der Waals surface area contributed by atoms with Gasteiger partial charge in [-0.1, -0.05) is 26.7 Å². The van der Waals surface area contributed by atoms with Crippen LogP contribution in [0.3, 0.4) is 0 Å². The van der Waals surface area contributed by atoms with Crippen molar-refractivity contribution in [2.75, 3.05) is 0 Å². The second kappa shape index (κ2) is 5.43. The zero-order chi connectivity index (χ0) is 9.68. The molecular formula is C12H20S. The normalized spacial score (nSPS) is 10.7. The summed E-state index contributed by atoms with van der Waals surface area (Å²) >= 11 is 1.97. The number of hydrogen-bond donors (Lipinski definition) is 0. The molecule has 0 aliphatic carbocycles. The number of hydrogen-bond acceptors (Lipinski definition) is 1. The van der Waals surface area contributed by atoms with Gasteiger partial charge < -0.3 is 0 Å². The largest absolute Gasteiger partial charge is 0.145 e. The van der Waals surface area contributed by atoms with Gasteiger partial charge >= 0.3 is 0 Å². The zero-order valence-corrected chi connectivity index (χ0v) is 9.84. The van der Waals surface area contributed by atoms with Gasteiger partial charge in [0.05, 0.1) is 0 Å². The Morgan fingerprint density at radius 3 is 2.62 bits per heavy atom. The van der Waals surface area contributed by atoms with Crippen LogP contribution < -0.4 is 0 Å². The second-order valence-electron chi connectivity index (χ2n) is 3.62. The lowest BCUT2D eigenvalue weighted by atomic mass is 10.1. The van der Waals surface area contributed by atoms with Crippen molar-refractivity contribution in [1.29, 1.82) is 0 Å². The molecule has 1 rings (SSSR count). The van der Waals surface area contributed by atoms with E-state index in [4.69, 9.17) is 0 Å². The predicted molar refractivity (Wildman–Crippen MR) is 61.7 cm³/mol. The van der Waals surface area contributed by atoms with E-state index in [0.29, 0.717) is 0 Å². The molecule has 1 aromatic heterocycles. The number of unbranched alkanes of at least 4 members (excludes halogenated alkanes) is 2. The van der Waals surface area contributed by atoms with Crippen molar-refractivity contribution < 1.29 is 0 Å². The first kappa shape index (κ1) is 10.8. The van der Waals surface area contributed by atoms with Gasteiger partial charge in [-0.25, -0.2) is 0 Å². The van der Waals surface area contributed by atoms with E-state index in [2.05, 4.69) is 26.8 Å². The summed E-state index contributed by atoms with van der Waals surface area (Å²) < 4.78 is 0. The minimum Gasteiger partial charge on any atom is -0.145 e. The molecule has 0 fully saturated rings. The first-order valence-corrected chi connectivity index (χ1v) is 6.17. The van der Waals surface area contributed by atoms with Gasteiger partial charge in [0.2, 0.25) is 0 Å². The van der Waals surface area contributed by atoms with E-state index >= 15 is 0 Å². The summed E-state index contributed by atoms with van der Waals surface area (Å²) in [6, 6.07) is 2.37. The Bertz CT molecular complexity index is 248. The maximum atomic E-state index is 2.37. The number of rotatable bonds is 5. The smallest absolute Gasteiger partial charge is 0.00773 e. The SMILES string of the molecule is CCCCCc1cc(C)sc1CC. The molecule has 0 amide bonds. The third-order valence-corrected chi connectivity index (χ3v) is 3.63. The maximum Gasteiger partial charge on any atom is 0.00773 e. The Hall–Kier alpha value is -0.300. The molecule has 0 saturated carbocycles. The molecule has 0 aliphatic heterocycles. The highest BCUT2D eigenvalue weighted by Crippen LogP contribution is 2.23. The van der Waals surface area contributed by atoms with Gasteiger partial charge in [-0.2, -0.15) is 0 Å². The first-order chi connectivity index (χ1) is 6.27. The highest BCUT2D eigenvalue weighted by Gasteiger charge is 2.04. The lowest BCUT2D eigenvalue weighted by molar-refractivity contribution is 0.715. The lowest BCUT2D eigenvalue weighted by Gasteiger charge is -1.99. The maximum absolute atomic E-state index is 2.37. The Morgan fingerprint density at radius 1 is 1.23 bits per heavy atom. The highest BCUT2D eigenvalue weighted by atomic mass is 32.1. The lowest BCUT2D eigenvalue weighted by Crippen LogP contribution is -1.86. The number of aryl methyl sites for hydroxylation is 3. The highest BCUT2D eigenvalue weighted by molar-refractivity contribution is 7.12. The topological polar surface area (TPSA) is 0 Å². The molecule has 0 aromatic carbocycles. The van der Waals surface area contributed by atoms with E-state index in [1.165, 1.54) is 37.0 Å². The fraction of sp³-hybridized carbons (Fsp3) is 0.667. The van der Waals surface area contributed by atoms with Crippen LogP contribution in [0.25, 0.3) is 0 Å². The van der Waals surface area contributed by atoms with Crippen molar-refractivity contribution in [2.45, 2.75) is 52.9 Å². The quantitative estimate of drug-likeness (QED) is 0.614. The summed E-state index contributed by atoms with van der Waals surface area (Å²) in [4.78, 5) is 3.08. The fourth-order valence-electron chi connectivity index (χ4n) is 1.69. The van der Waals surface area contributed by atoms with E-state index in [1.54, 1.807) is 10.4 Å². The van der Waals surface area contributed by atoms with Crippen LogP contribution in [0.5, 0.6) is 0 Å². The summed E-state index contributed by atoms with van der Waals surface area (Å²) in [6.45, 7) is 6.74. The van der Waals surface area contributed by atoms with Gasteiger partial charge in [0.25, 0.3) is 0 Å². The standard InChI is InChI=1S/C12H20S/c1-4-6-7-8-11-9-10(3)13-12(11)5-2/h9H,4-8H2,1-3H3. The molecule has 0 spiro atoms. The van der Waals surface area contributed by atoms with Gasteiger partial charge in [0, 0.05) is 9.75 Å². The third kappa shape index (κ3) is 3.15. The third-order valence-electron chi connectivity index (χ3n) is 2.39. The van der Waals surface area contributed by atoms with Crippen molar-refractivity contribution in [3.63, 3.8) is 0 Å². The minimum atomic E-state index is 1.21. The van der Waals surface area contributed by atoms with Gasteiger partial charge in [0.15, 0.2) is 0 Å². The van der Waals surface area contributed by atoms with Crippen LogP contribution in [0.1, 0.15) is 48.4 Å². The van der Waals surface area contributed by atoms with Crippen LogP contribution in [0.15, 0.2) is 6.07 Å². The fourth-order valence-corrected chi connectivity index (χ4v) is 2.72. The van der Waals surface area contributed by atoms with Gasteiger partial charge in [0.1, 0.15) is 0 Å². The monoisotopic (exact) mass is 196 g/mol. The zero-order valence-electron chi connectivity index (χ0n) is 9.02. The summed E-state index contributed by atoms with van der Waals surface area (Å²) in [5, 5.41) is 0. The Kier molecular flexibility index (Phi) is 4.51. The van der Waals surface area contributed by atoms with Gasteiger partial charge in [-0.3, -0.25) is 0 Å². The summed E-state index contributed by atoms with van der Waals surface area (Å²) in [5.41, 5.74) is 1.61. The molecule has 1 aromatic rings. The average Bonchev–Trinajstić information content (AvgIpc) is 2.47. The molecular weight excluding hydrogens is 176 g/mol. The molecule has 0 atom stereocenters. The molecule has 1 heteroatoms. The van der Waals surface area contributed by atoms with E-state index in [-0.39, 0.29) is 0 Å². The molecule has 0 nitrogen and oxygen atoms in total. The van der Waals surface area contributed by atoms with Crippen LogP contribution in [-0.2, 0) is 12.8 Å². The van der Waals surface area contributed by atoms with Crippen LogP contribution in [0.4, 0.5) is 0 Å². The number of thiophene rings is 1. The van der Waals surface area contributed by atoms with Crippen molar-refractivity contribution in [3.8, 4) is 0 Å². The van der Waals surface area contributed by atoms with Crippen LogP contribution in [0, 0.1) is 6.92 Å². The molecule has 0 saturated heterocycles. The molecule has 13 heavy (non-hydrogen) atoms. The van der Waals surface area contributed by atoms with Crippen molar-refractivity contribution in [3.05, 3.63) is 21.4 Å². The molecule has 74 valence electrons. The van der Waals surface area contributed by atoms with Gasteiger partial charge in [-0.15, -0.1) is 11.3 Å². The Morgan fingerprint density at radius 2 is 2.00 bits per heavy atom. The van der Waals surface area contributed by atoms with E-state index < -0.39 is 0 Å². The van der Waals surface area contributed by atoms with E-state index in [0.717, 1.165) is 0 Å². The van der Waals surface area contributed by atoms with Crippen molar-refractivity contribution in [2.24, 2.45) is 0 Å². The van der Waals surface area contributed by atoms with E-state index in [9.17, 15) is 0 Å². The molecule has 0 N–H and O–H groups in total. The van der Waals surface area contributed by atoms with Crippen molar-refractivity contribution >= 4 is 11.3 Å². The predicted octanol–water partition coefficient (Wildman–Crippen LogP) is 4.35.